The summed E-state index contributed by atoms with van der Waals surface area (Å²) in [5.41, 5.74) is 0.0803. The van der Waals surface area contributed by atoms with Crippen molar-refractivity contribution in [2.24, 2.45) is 0 Å². The lowest BCUT2D eigenvalue weighted by Crippen LogP contribution is -2.32. The lowest BCUT2D eigenvalue weighted by atomic mass is 10.2. The molecule has 0 spiro atoms. The van der Waals surface area contributed by atoms with Gasteiger partial charge in [-0.15, -0.1) is 0 Å². The first kappa shape index (κ1) is 15.8. The van der Waals surface area contributed by atoms with Crippen LogP contribution in [0.1, 0.15) is 26.3 Å². The maximum Gasteiger partial charge on any atom is 0.408 e. The molecule has 1 aromatic heterocycles. The third-order valence-electron chi connectivity index (χ3n) is 1.75. The monoisotopic (exact) mass is 344 g/mol. The summed E-state index contributed by atoms with van der Waals surface area (Å²) in [5, 5.41) is 2.86. The van der Waals surface area contributed by atoms with E-state index in [9.17, 15) is 4.79 Å². The third-order valence-corrected chi connectivity index (χ3v) is 2.48. The number of nitrogens with one attached hydrogen (secondary N) is 1. The summed E-state index contributed by atoms with van der Waals surface area (Å²) in [6, 6.07) is 1.76. The predicted molar refractivity (Wildman–Crippen MR) is 78.1 cm³/mol. The quantitative estimate of drug-likeness (QED) is 0.627. The van der Waals surface area contributed by atoms with E-state index in [4.69, 9.17) is 16.3 Å². The van der Waals surface area contributed by atoms with Crippen molar-refractivity contribution in [1.29, 1.82) is 0 Å². The fourth-order valence-electron chi connectivity index (χ4n) is 1.08. The first-order valence-electron chi connectivity index (χ1n) is 5.55. The van der Waals surface area contributed by atoms with Gasteiger partial charge in [0.15, 0.2) is 0 Å². The molecule has 102 valence electrons. The van der Waals surface area contributed by atoms with Gasteiger partial charge in [-0.3, -0.25) is 0 Å². The van der Waals surface area contributed by atoms with Crippen molar-refractivity contribution >= 4 is 33.6 Å². The third kappa shape index (κ3) is 6.46. The van der Waals surface area contributed by atoms with Crippen LogP contribution in [0.5, 0.6) is 0 Å². The minimum atomic E-state index is -0.519. The summed E-state index contributed by atoms with van der Waals surface area (Å²) in [5.74, 6) is 5.61. The average Bonchev–Trinajstić information content (AvgIpc) is 2.26. The lowest BCUT2D eigenvalue weighted by molar-refractivity contribution is 0.0535. The molecule has 0 saturated carbocycles. The Hall–Kier alpha value is -1.25. The number of pyridine rings is 1. The van der Waals surface area contributed by atoms with Gasteiger partial charge in [-0.05, 0) is 42.8 Å². The summed E-state index contributed by atoms with van der Waals surface area (Å²) in [6.45, 7) is 5.57. The zero-order chi connectivity index (χ0) is 14.5. The van der Waals surface area contributed by atoms with Gasteiger partial charge >= 0.3 is 6.09 Å². The second-order valence-corrected chi connectivity index (χ2v) is 5.92. The van der Waals surface area contributed by atoms with Crippen molar-refractivity contribution < 1.29 is 9.53 Å². The Labute approximate surface area is 126 Å². The number of halogens is 2. The molecular formula is C13H14BrClN2O2. The van der Waals surface area contributed by atoms with Crippen LogP contribution in [0.4, 0.5) is 4.79 Å². The van der Waals surface area contributed by atoms with Crippen LogP contribution in [0.2, 0.25) is 5.15 Å². The second kappa shape index (κ2) is 6.78. The molecule has 0 saturated heterocycles. The molecule has 1 rings (SSSR count). The molecule has 0 aliphatic rings. The number of aromatic nitrogens is 1. The van der Waals surface area contributed by atoms with E-state index in [1.807, 2.05) is 0 Å². The Bertz CT molecular complexity index is 530. The van der Waals surface area contributed by atoms with E-state index in [0.717, 1.165) is 4.47 Å². The van der Waals surface area contributed by atoms with Gasteiger partial charge in [0.2, 0.25) is 0 Å². The number of ether oxygens (including phenoxy) is 1. The average molecular weight is 346 g/mol. The Morgan fingerprint density at radius 1 is 1.58 bits per heavy atom. The maximum atomic E-state index is 11.3. The molecule has 0 aromatic carbocycles. The molecule has 4 nitrogen and oxygen atoms in total. The number of carbonyl (C=O) groups is 1. The van der Waals surface area contributed by atoms with Crippen LogP contribution in [0.3, 0.4) is 0 Å². The van der Waals surface area contributed by atoms with Crippen LogP contribution in [0, 0.1) is 11.8 Å². The summed E-state index contributed by atoms with van der Waals surface area (Å²) in [6.07, 6.45) is 1.09. The first-order valence-corrected chi connectivity index (χ1v) is 6.72. The van der Waals surface area contributed by atoms with E-state index in [-0.39, 0.29) is 6.54 Å². The number of hydrogen-bond donors (Lipinski definition) is 1. The van der Waals surface area contributed by atoms with Crippen LogP contribution in [0.15, 0.2) is 16.7 Å². The van der Waals surface area contributed by atoms with Crippen molar-refractivity contribution in [2.75, 3.05) is 6.54 Å². The fourth-order valence-corrected chi connectivity index (χ4v) is 1.56. The van der Waals surface area contributed by atoms with Gasteiger partial charge in [-0.1, -0.05) is 23.4 Å². The van der Waals surface area contributed by atoms with E-state index in [2.05, 4.69) is 38.1 Å². The highest BCUT2D eigenvalue weighted by Gasteiger charge is 2.14. The molecular weight excluding hydrogens is 332 g/mol. The number of alkyl carbamates (subject to hydrolysis) is 1. The molecule has 1 aromatic rings. The van der Waals surface area contributed by atoms with Crippen LogP contribution in [0.25, 0.3) is 0 Å². The number of rotatable bonds is 1. The fraction of sp³-hybridized carbons (Fsp3) is 0.385. The van der Waals surface area contributed by atoms with Gasteiger partial charge in [0.1, 0.15) is 10.8 Å². The van der Waals surface area contributed by atoms with Gasteiger partial charge in [-0.2, -0.15) is 0 Å². The van der Waals surface area contributed by atoms with Gasteiger partial charge < -0.3 is 10.1 Å². The molecule has 0 fully saturated rings. The Balaban J connectivity index is 2.52. The van der Waals surface area contributed by atoms with Crippen molar-refractivity contribution in [3.8, 4) is 11.8 Å². The SMILES string of the molecule is CC(C)(C)OC(=O)NCC#Cc1cc(Br)cnc1Cl. The summed E-state index contributed by atoms with van der Waals surface area (Å²) in [7, 11) is 0. The van der Waals surface area contributed by atoms with Gasteiger partial charge in [-0.25, -0.2) is 9.78 Å². The topological polar surface area (TPSA) is 51.2 Å². The Kier molecular flexibility index (Phi) is 5.64. The van der Waals surface area contributed by atoms with Gasteiger partial charge in [0.25, 0.3) is 0 Å². The van der Waals surface area contributed by atoms with Gasteiger partial charge in [0.05, 0.1) is 12.1 Å². The number of amides is 1. The predicted octanol–water partition coefficient (Wildman–Crippen LogP) is 3.37. The maximum absolute atomic E-state index is 11.3. The number of carbonyl (C=O) groups excluding carboxylic acids is 1. The van der Waals surface area contributed by atoms with E-state index in [0.29, 0.717) is 10.7 Å². The van der Waals surface area contributed by atoms with Crippen LogP contribution in [-0.2, 0) is 4.74 Å². The van der Waals surface area contributed by atoms with Crippen molar-refractivity contribution in [2.45, 2.75) is 26.4 Å². The molecule has 0 aliphatic carbocycles. The zero-order valence-electron chi connectivity index (χ0n) is 10.9. The van der Waals surface area contributed by atoms with Gasteiger partial charge in [0, 0.05) is 10.7 Å². The molecule has 0 unspecified atom stereocenters. The molecule has 0 bridgehead atoms. The summed E-state index contributed by atoms with van der Waals surface area (Å²) in [4.78, 5) is 15.3. The van der Waals surface area contributed by atoms with E-state index < -0.39 is 11.7 Å². The molecule has 0 radical (unpaired) electrons. The summed E-state index contributed by atoms with van der Waals surface area (Å²) < 4.78 is 5.86. The number of nitrogens with zero attached hydrogens (tertiary/aromatic N) is 1. The lowest BCUT2D eigenvalue weighted by Gasteiger charge is -2.18. The highest BCUT2D eigenvalue weighted by atomic mass is 79.9. The molecule has 0 atom stereocenters. The van der Waals surface area contributed by atoms with E-state index >= 15 is 0 Å². The molecule has 0 aliphatic heterocycles. The summed E-state index contributed by atoms with van der Waals surface area (Å²) >= 11 is 9.16. The Morgan fingerprint density at radius 2 is 2.26 bits per heavy atom. The van der Waals surface area contributed by atoms with E-state index in [1.165, 1.54) is 0 Å². The van der Waals surface area contributed by atoms with Crippen molar-refractivity contribution in [3.05, 3.63) is 27.5 Å². The molecule has 1 amide bonds. The van der Waals surface area contributed by atoms with Crippen LogP contribution < -0.4 is 5.32 Å². The second-order valence-electron chi connectivity index (χ2n) is 4.65. The first-order chi connectivity index (χ1) is 8.78. The molecule has 19 heavy (non-hydrogen) atoms. The largest absolute Gasteiger partial charge is 0.444 e. The smallest absolute Gasteiger partial charge is 0.408 e. The molecule has 6 heteroatoms. The van der Waals surface area contributed by atoms with Crippen molar-refractivity contribution in [1.82, 2.24) is 10.3 Å². The zero-order valence-corrected chi connectivity index (χ0v) is 13.2. The molecule has 1 heterocycles. The normalized spacial score (nSPS) is 10.4. The van der Waals surface area contributed by atoms with Crippen molar-refractivity contribution in [3.63, 3.8) is 0 Å². The minimum absolute atomic E-state index is 0.178. The molecule has 1 N–H and O–H groups in total. The van der Waals surface area contributed by atoms with Crippen LogP contribution in [-0.4, -0.2) is 23.2 Å². The standard InChI is InChI=1S/C13H14BrClN2O2/c1-13(2,3)19-12(18)16-6-4-5-9-7-10(14)8-17-11(9)15/h7-8H,6H2,1-3H3,(H,16,18). The van der Waals surface area contributed by atoms with E-state index in [1.54, 1.807) is 33.0 Å². The number of hydrogen-bond acceptors (Lipinski definition) is 3. The van der Waals surface area contributed by atoms with Crippen LogP contribution >= 0.6 is 27.5 Å². The highest BCUT2D eigenvalue weighted by molar-refractivity contribution is 9.10. The highest BCUT2D eigenvalue weighted by Crippen LogP contribution is 2.16. The Morgan fingerprint density at radius 3 is 2.89 bits per heavy atom. The minimum Gasteiger partial charge on any atom is -0.444 e.